The molecule has 0 bridgehead atoms. The van der Waals surface area contributed by atoms with Crippen LogP contribution in [0.5, 0.6) is 0 Å². The van der Waals surface area contributed by atoms with E-state index in [9.17, 15) is 4.79 Å². The standard InChI is InChI=1S/C13H22N2O3S/c1-5-17-7-10(9(3)4)14-13-15-11(8-19-13)12(16)18-6-2/h8-10H,5-7H2,1-4H3,(H,14,15). The van der Waals surface area contributed by atoms with Crippen molar-refractivity contribution in [3.63, 3.8) is 0 Å². The molecule has 0 aromatic carbocycles. The average Bonchev–Trinajstić information content (AvgIpc) is 2.83. The largest absolute Gasteiger partial charge is 0.461 e. The van der Waals surface area contributed by atoms with Gasteiger partial charge in [0.2, 0.25) is 0 Å². The second-order valence-corrected chi connectivity index (χ2v) is 5.27. The van der Waals surface area contributed by atoms with Crippen molar-refractivity contribution in [1.82, 2.24) is 4.98 Å². The number of aromatic nitrogens is 1. The van der Waals surface area contributed by atoms with Gasteiger partial charge in [-0.25, -0.2) is 9.78 Å². The average molecular weight is 286 g/mol. The van der Waals surface area contributed by atoms with Crippen molar-refractivity contribution < 1.29 is 14.3 Å². The van der Waals surface area contributed by atoms with Gasteiger partial charge in [-0.05, 0) is 19.8 Å². The molecule has 1 aromatic rings. The van der Waals surface area contributed by atoms with E-state index in [1.165, 1.54) is 11.3 Å². The van der Waals surface area contributed by atoms with Crippen molar-refractivity contribution in [2.75, 3.05) is 25.1 Å². The number of esters is 1. The molecular formula is C13H22N2O3S. The van der Waals surface area contributed by atoms with Gasteiger partial charge in [0, 0.05) is 12.0 Å². The van der Waals surface area contributed by atoms with E-state index in [1.54, 1.807) is 12.3 Å². The second kappa shape index (κ2) is 8.12. The highest BCUT2D eigenvalue weighted by atomic mass is 32.1. The van der Waals surface area contributed by atoms with Crippen LogP contribution in [0.15, 0.2) is 5.38 Å². The number of ether oxygens (including phenoxy) is 2. The zero-order valence-electron chi connectivity index (χ0n) is 11.9. The Morgan fingerprint density at radius 2 is 2.16 bits per heavy atom. The Bertz CT molecular complexity index is 393. The highest BCUT2D eigenvalue weighted by Crippen LogP contribution is 2.19. The van der Waals surface area contributed by atoms with Crippen molar-refractivity contribution in [3.05, 3.63) is 11.1 Å². The lowest BCUT2D eigenvalue weighted by molar-refractivity contribution is 0.0520. The van der Waals surface area contributed by atoms with Gasteiger partial charge in [-0.3, -0.25) is 0 Å². The van der Waals surface area contributed by atoms with E-state index in [4.69, 9.17) is 9.47 Å². The molecule has 1 N–H and O–H groups in total. The second-order valence-electron chi connectivity index (χ2n) is 4.41. The van der Waals surface area contributed by atoms with Crippen LogP contribution in [-0.2, 0) is 9.47 Å². The summed E-state index contributed by atoms with van der Waals surface area (Å²) < 4.78 is 10.4. The molecule has 1 rings (SSSR count). The third-order valence-electron chi connectivity index (χ3n) is 2.60. The summed E-state index contributed by atoms with van der Waals surface area (Å²) >= 11 is 1.40. The highest BCUT2D eigenvalue weighted by molar-refractivity contribution is 7.13. The third kappa shape index (κ3) is 5.16. The van der Waals surface area contributed by atoms with Gasteiger partial charge < -0.3 is 14.8 Å². The Hall–Kier alpha value is -1.14. The molecule has 108 valence electrons. The van der Waals surface area contributed by atoms with Crippen LogP contribution < -0.4 is 5.32 Å². The molecule has 6 heteroatoms. The lowest BCUT2D eigenvalue weighted by Gasteiger charge is -2.21. The number of carbonyl (C=O) groups is 1. The fourth-order valence-corrected chi connectivity index (χ4v) is 2.19. The van der Waals surface area contributed by atoms with Crippen LogP contribution >= 0.6 is 11.3 Å². The van der Waals surface area contributed by atoms with Crippen LogP contribution in [0.25, 0.3) is 0 Å². The minimum absolute atomic E-state index is 0.182. The summed E-state index contributed by atoms with van der Waals surface area (Å²) in [5.74, 6) is 0.0409. The summed E-state index contributed by atoms with van der Waals surface area (Å²) in [6, 6.07) is 0.182. The number of nitrogens with one attached hydrogen (secondary N) is 1. The fourth-order valence-electron chi connectivity index (χ4n) is 1.44. The molecule has 1 aromatic heterocycles. The number of hydrogen-bond acceptors (Lipinski definition) is 6. The van der Waals surface area contributed by atoms with Crippen molar-refractivity contribution in [2.45, 2.75) is 33.7 Å². The summed E-state index contributed by atoms with van der Waals surface area (Å²) in [7, 11) is 0. The van der Waals surface area contributed by atoms with Gasteiger partial charge in [-0.1, -0.05) is 13.8 Å². The van der Waals surface area contributed by atoms with E-state index < -0.39 is 0 Å². The van der Waals surface area contributed by atoms with Gasteiger partial charge in [0.05, 0.1) is 19.3 Å². The summed E-state index contributed by atoms with van der Waals surface area (Å²) in [4.78, 5) is 15.8. The molecule has 0 aliphatic carbocycles. The van der Waals surface area contributed by atoms with Gasteiger partial charge in [0.25, 0.3) is 0 Å². The van der Waals surface area contributed by atoms with E-state index >= 15 is 0 Å². The maximum Gasteiger partial charge on any atom is 0.357 e. The number of carbonyl (C=O) groups excluding carboxylic acids is 1. The molecule has 0 radical (unpaired) electrons. The SMILES string of the molecule is CCOCC(Nc1nc(C(=O)OCC)cs1)C(C)C. The Kier molecular flexibility index (Phi) is 6.80. The van der Waals surface area contributed by atoms with E-state index in [2.05, 4.69) is 24.1 Å². The predicted octanol–water partition coefficient (Wildman–Crippen LogP) is 2.79. The van der Waals surface area contributed by atoms with Gasteiger partial charge in [0.15, 0.2) is 10.8 Å². The van der Waals surface area contributed by atoms with E-state index in [1.807, 2.05) is 6.92 Å². The molecule has 5 nitrogen and oxygen atoms in total. The molecule has 1 heterocycles. The topological polar surface area (TPSA) is 60.5 Å². The van der Waals surface area contributed by atoms with Crippen molar-refractivity contribution in [2.24, 2.45) is 5.92 Å². The van der Waals surface area contributed by atoms with Crippen molar-refractivity contribution in [3.8, 4) is 0 Å². The summed E-state index contributed by atoms with van der Waals surface area (Å²) in [6.45, 7) is 9.67. The number of thiazole rings is 1. The van der Waals surface area contributed by atoms with Crippen LogP contribution in [0, 0.1) is 5.92 Å². The first kappa shape index (κ1) is 15.9. The number of hydrogen-bond donors (Lipinski definition) is 1. The number of anilines is 1. The summed E-state index contributed by atoms with van der Waals surface area (Å²) in [5, 5.41) is 5.74. The minimum Gasteiger partial charge on any atom is -0.461 e. The van der Waals surface area contributed by atoms with Crippen LogP contribution in [-0.4, -0.2) is 36.8 Å². The Balaban J connectivity index is 2.62. The van der Waals surface area contributed by atoms with Gasteiger partial charge in [0.1, 0.15) is 0 Å². The summed E-state index contributed by atoms with van der Waals surface area (Å²) in [6.07, 6.45) is 0. The van der Waals surface area contributed by atoms with E-state index in [0.29, 0.717) is 31.4 Å². The number of rotatable bonds is 8. The Labute approximate surface area is 118 Å². The maximum absolute atomic E-state index is 11.5. The first-order valence-corrected chi connectivity index (χ1v) is 7.43. The van der Waals surface area contributed by atoms with Gasteiger partial charge >= 0.3 is 5.97 Å². The first-order valence-electron chi connectivity index (χ1n) is 6.55. The Morgan fingerprint density at radius 3 is 2.74 bits per heavy atom. The smallest absolute Gasteiger partial charge is 0.357 e. The van der Waals surface area contributed by atoms with Crippen LogP contribution in [0.3, 0.4) is 0 Å². The van der Waals surface area contributed by atoms with E-state index in [-0.39, 0.29) is 12.0 Å². The first-order chi connectivity index (χ1) is 9.08. The lowest BCUT2D eigenvalue weighted by Crippen LogP contribution is -2.30. The molecule has 0 amide bonds. The molecule has 1 atom stereocenters. The molecule has 0 saturated carbocycles. The summed E-state index contributed by atoms with van der Waals surface area (Å²) in [5.41, 5.74) is 0.355. The molecule has 1 unspecified atom stereocenters. The van der Waals surface area contributed by atoms with Gasteiger partial charge in [-0.2, -0.15) is 0 Å². The van der Waals surface area contributed by atoms with Crippen LogP contribution in [0.4, 0.5) is 5.13 Å². The monoisotopic (exact) mass is 286 g/mol. The predicted molar refractivity (Wildman–Crippen MR) is 76.8 cm³/mol. The molecule has 0 fully saturated rings. The third-order valence-corrected chi connectivity index (χ3v) is 3.38. The van der Waals surface area contributed by atoms with Crippen molar-refractivity contribution in [1.29, 1.82) is 0 Å². The van der Waals surface area contributed by atoms with E-state index in [0.717, 1.165) is 5.13 Å². The lowest BCUT2D eigenvalue weighted by atomic mass is 10.1. The van der Waals surface area contributed by atoms with Crippen LogP contribution in [0.1, 0.15) is 38.2 Å². The normalized spacial score (nSPS) is 12.5. The molecule has 0 aliphatic rings. The molecule has 0 saturated heterocycles. The molecule has 0 spiro atoms. The number of nitrogens with zero attached hydrogens (tertiary/aromatic N) is 1. The zero-order valence-corrected chi connectivity index (χ0v) is 12.8. The Morgan fingerprint density at radius 1 is 1.42 bits per heavy atom. The van der Waals surface area contributed by atoms with Crippen LogP contribution in [0.2, 0.25) is 0 Å². The highest BCUT2D eigenvalue weighted by Gasteiger charge is 2.17. The quantitative estimate of drug-likeness (QED) is 0.745. The fraction of sp³-hybridized carbons (Fsp3) is 0.692. The van der Waals surface area contributed by atoms with Crippen molar-refractivity contribution >= 4 is 22.4 Å². The molecule has 0 aliphatic heterocycles. The molecule has 19 heavy (non-hydrogen) atoms. The minimum atomic E-state index is -0.377. The maximum atomic E-state index is 11.5. The zero-order chi connectivity index (χ0) is 14.3. The molecular weight excluding hydrogens is 264 g/mol. The van der Waals surface area contributed by atoms with Gasteiger partial charge in [-0.15, -0.1) is 11.3 Å².